The van der Waals surface area contributed by atoms with Gasteiger partial charge in [-0.15, -0.1) is 0 Å². The predicted molar refractivity (Wildman–Crippen MR) is 69.0 cm³/mol. The van der Waals surface area contributed by atoms with Crippen LogP contribution in [0.25, 0.3) is 5.69 Å². The average molecular weight is 244 g/mol. The van der Waals surface area contributed by atoms with E-state index in [0.717, 1.165) is 17.1 Å². The molecule has 2 aromatic rings. The fourth-order valence-electron chi connectivity index (χ4n) is 1.87. The summed E-state index contributed by atoms with van der Waals surface area (Å²) in [5.41, 5.74) is 3.40. The molecule has 0 atom stereocenters. The smallest absolute Gasteiger partial charge is 0.338 e. The van der Waals surface area contributed by atoms with Crippen molar-refractivity contribution in [2.24, 2.45) is 0 Å². The number of carbonyl (C=O) groups excluding carboxylic acids is 1. The van der Waals surface area contributed by atoms with E-state index in [1.165, 1.54) is 0 Å². The highest BCUT2D eigenvalue weighted by Gasteiger charge is 2.09. The molecule has 0 amide bonds. The van der Waals surface area contributed by atoms with Crippen molar-refractivity contribution in [3.05, 3.63) is 47.3 Å². The number of ether oxygens (including phenoxy) is 1. The Bertz CT molecular complexity index is 573. The summed E-state index contributed by atoms with van der Waals surface area (Å²) in [6.07, 6.45) is 0. The molecule has 0 aliphatic carbocycles. The number of rotatable bonds is 3. The third-order valence-corrected chi connectivity index (χ3v) is 2.61. The molecule has 0 bridgehead atoms. The lowest BCUT2D eigenvalue weighted by molar-refractivity contribution is 0.0526. The summed E-state index contributed by atoms with van der Waals surface area (Å²) in [6, 6.07) is 9.28. The van der Waals surface area contributed by atoms with E-state index < -0.39 is 0 Å². The Morgan fingerprint density at radius 1 is 1.33 bits per heavy atom. The standard InChI is InChI=1S/C14H16N2O2/c1-4-18-14(17)12-6-5-7-13(9-12)16-11(3)8-10(2)15-16/h5-9H,4H2,1-3H3. The van der Waals surface area contributed by atoms with E-state index in [9.17, 15) is 4.79 Å². The minimum Gasteiger partial charge on any atom is -0.462 e. The van der Waals surface area contributed by atoms with Gasteiger partial charge in [-0.25, -0.2) is 9.48 Å². The lowest BCUT2D eigenvalue weighted by Crippen LogP contribution is -2.06. The van der Waals surface area contributed by atoms with Crippen molar-refractivity contribution in [3.8, 4) is 5.69 Å². The maximum absolute atomic E-state index is 11.7. The van der Waals surface area contributed by atoms with Gasteiger partial charge in [0, 0.05) is 5.69 Å². The van der Waals surface area contributed by atoms with Crippen LogP contribution in [-0.4, -0.2) is 22.4 Å². The Morgan fingerprint density at radius 2 is 2.11 bits per heavy atom. The number of nitrogens with zero attached hydrogens (tertiary/aromatic N) is 2. The summed E-state index contributed by atoms with van der Waals surface area (Å²) >= 11 is 0. The maximum atomic E-state index is 11.7. The van der Waals surface area contributed by atoms with Crippen molar-refractivity contribution in [1.29, 1.82) is 0 Å². The summed E-state index contributed by atoms with van der Waals surface area (Å²) in [6.45, 7) is 6.10. The first-order chi connectivity index (χ1) is 8.61. The van der Waals surface area contributed by atoms with Crippen LogP contribution >= 0.6 is 0 Å². The van der Waals surface area contributed by atoms with Crippen molar-refractivity contribution >= 4 is 5.97 Å². The molecule has 2 rings (SSSR count). The minimum atomic E-state index is -0.305. The minimum absolute atomic E-state index is 0.305. The van der Waals surface area contributed by atoms with Crippen molar-refractivity contribution in [2.45, 2.75) is 20.8 Å². The fourth-order valence-corrected chi connectivity index (χ4v) is 1.87. The summed E-state index contributed by atoms with van der Waals surface area (Å²) in [5, 5.41) is 4.39. The van der Waals surface area contributed by atoms with Gasteiger partial charge in [0.1, 0.15) is 0 Å². The molecular formula is C14H16N2O2. The molecule has 18 heavy (non-hydrogen) atoms. The molecule has 0 N–H and O–H groups in total. The molecule has 1 aromatic carbocycles. The van der Waals surface area contributed by atoms with Crippen LogP contribution in [0.2, 0.25) is 0 Å². The zero-order valence-electron chi connectivity index (χ0n) is 10.8. The SMILES string of the molecule is CCOC(=O)c1cccc(-n2nc(C)cc2C)c1. The number of hydrogen-bond acceptors (Lipinski definition) is 3. The predicted octanol–water partition coefficient (Wildman–Crippen LogP) is 2.67. The van der Waals surface area contributed by atoms with Crippen LogP contribution < -0.4 is 0 Å². The monoisotopic (exact) mass is 244 g/mol. The van der Waals surface area contributed by atoms with Gasteiger partial charge in [-0.05, 0) is 45.0 Å². The van der Waals surface area contributed by atoms with Gasteiger partial charge in [-0.2, -0.15) is 5.10 Å². The second-order valence-electron chi connectivity index (χ2n) is 4.11. The first kappa shape index (κ1) is 12.4. The van der Waals surface area contributed by atoms with Gasteiger partial charge in [0.05, 0.1) is 23.6 Å². The van der Waals surface area contributed by atoms with E-state index in [4.69, 9.17) is 4.74 Å². The first-order valence-electron chi connectivity index (χ1n) is 5.92. The maximum Gasteiger partial charge on any atom is 0.338 e. The van der Waals surface area contributed by atoms with E-state index in [2.05, 4.69) is 5.10 Å². The molecule has 4 nitrogen and oxygen atoms in total. The molecule has 0 aliphatic rings. The van der Waals surface area contributed by atoms with E-state index in [0.29, 0.717) is 12.2 Å². The Hall–Kier alpha value is -2.10. The first-order valence-corrected chi connectivity index (χ1v) is 5.92. The molecule has 0 fully saturated rings. The van der Waals surface area contributed by atoms with Crippen LogP contribution in [0.3, 0.4) is 0 Å². The number of benzene rings is 1. The van der Waals surface area contributed by atoms with Gasteiger partial charge in [0.15, 0.2) is 0 Å². The van der Waals surface area contributed by atoms with Crippen LogP contribution in [0, 0.1) is 13.8 Å². The molecule has 0 aliphatic heterocycles. The molecule has 1 heterocycles. The quantitative estimate of drug-likeness (QED) is 0.780. The molecular weight excluding hydrogens is 228 g/mol. The number of aromatic nitrogens is 2. The van der Waals surface area contributed by atoms with Gasteiger partial charge < -0.3 is 4.74 Å². The van der Waals surface area contributed by atoms with E-state index in [1.54, 1.807) is 19.1 Å². The Kier molecular flexibility index (Phi) is 3.46. The van der Waals surface area contributed by atoms with E-state index in [1.807, 2.05) is 36.7 Å². The topological polar surface area (TPSA) is 44.1 Å². The molecule has 0 spiro atoms. The summed E-state index contributed by atoms with van der Waals surface area (Å²) < 4.78 is 6.80. The zero-order valence-corrected chi connectivity index (χ0v) is 10.8. The van der Waals surface area contributed by atoms with Gasteiger partial charge in [-0.3, -0.25) is 0 Å². The number of aryl methyl sites for hydroxylation is 2. The van der Waals surface area contributed by atoms with Crippen LogP contribution in [0.15, 0.2) is 30.3 Å². The lowest BCUT2D eigenvalue weighted by atomic mass is 10.2. The molecule has 0 saturated heterocycles. The third-order valence-electron chi connectivity index (χ3n) is 2.61. The van der Waals surface area contributed by atoms with Crippen LogP contribution in [-0.2, 0) is 4.74 Å². The number of esters is 1. The van der Waals surface area contributed by atoms with Crippen LogP contribution in [0.4, 0.5) is 0 Å². The highest BCUT2D eigenvalue weighted by Crippen LogP contribution is 2.14. The van der Waals surface area contributed by atoms with Gasteiger partial charge in [-0.1, -0.05) is 6.07 Å². The lowest BCUT2D eigenvalue weighted by Gasteiger charge is -2.06. The Labute approximate surface area is 106 Å². The van der Waals surface area contributed by atoms with E-state index >= 15 is 0 Å². The Morgan fingerprint density at radius 3 is 2.72 bits per heavy atom. The molecule has 1 aromatic heterocycles. The van der Waals surface area contributed by atoms with Gasteiger partial charge in [0.25, 0.3) is 0 Å². The van der Waals surface area contributed by atoms with Crippen molar-refractivity contribution in [3.63, 3.8) is 0 Å². The number of carbonyl (C=O) groups is 1. The molecule has 0 unspecified atom stereocenters. The van der Waals surface area contributed by atoms with Crippen molar-refractivity contribution in [2.75, 3.05) is 6.61 Å². The summed E-state index contributed by atoms with van der Waals surface area (Å²) in [7, 11) is 0. The zero-order chi connectivity index (χ0) is 13.1. The molecule has 0 radical (unpaired) electrons. The largest absolute Gasteiger partial charge is 0.462 e. The highest BCUT2D eigenvalue weighted by atomic mass is 16.5. The average Bonchev–Trinajstić information content (AvgIpc) is 2.69. The highest BCUT2D eigenvalue weighted by molar-refractivity contribution is 5.90. The second-order valence-corrected chi connectivity index (χ2v) is 4.11. The van der Waals surface area contributed by atoms with Gasteiger partial charge in [0.2, 0.25) is 0 Å². The van der Waals surface area contributed by atoms with Crippen molar-refractivity contribution < 1.29 is 9.53 Å². The third kappa shape index (κ3) is 2.42. The normalized spacial score (nSPS) is 10.4. The number of hydrogen-bond donors (Lipinski definition) is 0. The van der Waals surface area contributed by atoms with Crippen LogP contribution in [0.5, 0.6) is 0 Å². The summed E-state index contributed by atoms with van der Waals surface area (Å²) in [4.78, 5) is 11.7. The molecule has 94 valence electrons. The second kappa shape index (κ2) is 5.04. The van der Waals surface area contributed by atoms with Crippen molar-refractivity contribution in [1.82, 2.24) is 9.78 Å². The molecule has 0 saturated carbocycles. The summed E-state index contributed by atoms with van der Waals surface area (Å²) in [5.74, 6) is -0.305. The fraction of sp³-hybridized carbons (Fsp3) is 0.286. The van der Waals surface area contributed by atoms with Crippen LogP contribution in [0.1, 0.15) is 28.7 Å². The Balaban J connectivity index is 2.38. The van der Waals surface area contributed by atoms with E-state index in [-0.39, 0.29) is 5.97 Å². The van der Waals surface area contributed by atoms with Gasteiger partial charge >= 0.3 is 5.97 Å². The molecule has 4 heteroatoms.